The van der Waals surface area contributed by atoms with E-state index in [0.717, 1.165) is 17.7 Å². The number of nitrogens with two attached hydrogens (primary N) is 1. The van der Waals surface area contributed by atoms with Crippen molar-refractivity contribution < 1.29 is 13.2 Å². The summed E-state index contributed by atoms with van der Waals surface area (Å²) in [5, 5.41) is 0. The van der Waals surface area contributed by atoms with Gasteiger partial charge in [-0.3, -0.25) is 0 Å². The third-order valence-electron chi connectivity index (χ3n) is 3.34. The smallest absolute Gasteiger partial charge is 0.369 e. The van der Waals surface area contributed by atoms with Gasteiger partial charge in [0.15, 0.2) is 0 Å². The highest BCUT2D eigenvalue weighted by Gasteiger charge is 2.29. The van der Waals surface area contributed by atoms with Crippen molar-refractivity contribution in [3.05, 3.63) is 54.1 Å². The molecule has 0 spiro atoms. The summed E-state index contributed by atoms with van der Waals surface area (Å²) in [7, 11) is 1.77. The molecule has 2 N–H and O–H groups in total. The highest BCUT2D eigenvalue weighted by atomic mass is 32.2. The van der Waals surface area contributed by atoms with Crippen LogP contribution in [-0.2, 0) is 6.42 Å². The number of guanidine groups is 1. The lowest BCUT2D eigenvalue weighted by atomic mass is 10.1. The van der Waals surface area contributed by atoms with E-state index in [1.54, 1.807) is 18.0 Å². The molecule has 24 heavy (non-hydrogen) atoms. The van der Waals surface area contributed by atoms with E-state index in [9.17, 15) is 13.2 Å². The SMILES string of the molecule is CCc1cccc(N(C)C(N)=Nc2cccc(SC(F)(F)F)c2)c1. The molecule has 0 fully saturated rings. The molecule has 0 bridgehead atoms. The predicted molar refractivity (Wildman–Crippen MR) is 93.9 cm³/mol. The van der Waals surface area contributed by atoms with Crippen LogP contribution in [-0.4, -0.2) is 18.5 Å². The molecule has 0 amide bonds. The van der Waals surface area contributed by atoms with Crippen molar-refractivity contribution in [3.63, 3.8) is 0 Å². The molecule has 2 rings (SSSR count). The Balaban J connectivity index is 2.22. The Morgan fingerprint density at radius 1 is 1.17 bits per heavy atom. The third kappa shape index (κ3) is 5.19. The maximum atomic E-state index is 12.5. The molecule has 0 saturated heterocycles. The summed E-state index contributed by atoms with van der Waals surface area (Å²) >= 11 is -0.172. The van der Waals surface area contributed by atoms with E-state index < -0.39 is 5.51 Å². The van der Waals surface area contributed by atoms with Crippen molar-refractivity contribution in [2.75, 3.05) is 11.9 Å². The zero-order valence-electron chi connectivity index (χ0n) is 13.3. The molecule has 0 aliphatic carbocycles. The first kappa shape index (κ1) is 18.2. The van der Waals surface area contributed by atoms with E-state index >= 15 is 0 Å². The van der Waals surface area contributed by atoms with E-state index in [2.05, 4.69) is 11.9 Å². The minimum Gasteiger partial charge on any atom is -0.369 e. The molecule has 0 aliphatic rings. The van der Waals surface area contributed by atoms with Crippen LogP contribution in [0.3, 0.4) is 0 Å². The molecule has 0 atom stereocenters. The zero-order chi connectivity index (χ0) is 17.7. The van der Waals surface area contributed by atoms with Crippen LogP contribution in [0, 0.1) is 0 Å². The van der Waals surface area contributed by atoms with Gasteiger partial charge in [0.25, 0.3) is 0 Å². The lowest BCUT2D eigenvalue weighted by Gasteiger charge is -2.19. The van der Waals surface area contributed by atoms with E-state index in [1.165, 1.54) is 18.2 Å². The average Bonchev–Trinajstić information content (AvgIpc) is 2.53. The Bertz CT molecular complexity index is 729. The molecule has 0 aromatic heterocycles. The minimum atomic E-state index is -4.33. The van der Waals surface area contributed by atoms with Gasteiger partial charge in [0.05, 0.1) is 5.69 Å². The van der Waals surface area contributed by atoms with E-state index in [0.29, 0.717) is 5.69 Å². The van der Waals surface area contributed by atoms with Gasteiger partial charge in [0.2, 0.25) is 5.96 Å². The summed E-state index contributed by atoms with van der Waals surface area (Å²) in [6.07, 6.45) is 0.898. The zero-order valence-corrected chi connectivity index (χ0v) is 14.2. The van der Waals surface area contributed by atoms with Gasteiger partial charge in [-0.1, -0.05) is 25.1 Å². The first-order chi connectivity index (χ1) is 11.3. The maximum Gasteiger partial charge on any atom is 0.446 e. The Morgan fingerprint density at radius 3 is 2.54 bits per heavy atom. The molecule has 2 aromatic carbocycles. The van der Waals surface area contributed by atoms with Gasteiger partial charge in [0.1, 0.15) is 0 Å². The predicted octanol–water partition coefficient (Wildman–Crippen LogP) is 4.94. The number of aryl methyl sites for hydroxylation is 1. The first-order valence-electron chi connectivity index (χ1n) is 7.31. The first-order valence-corrected chi connectivity index (χ1v) is 8.13. The molecule has 0 unspecified atom stereocenters. The van der Waals surface area contributed by atoms with Crippen molar-refractivity contribution in [1.82, 2.24) is 0 Å². The van der Waals surface area contributed by atoms with Gasteiger partial charge in [-0.2, -0.15) is 13.2 Å². The number of anilines is 1. The number of aliphatic imine (C=N–C) groups is 1. The Labute approximate surface area is 143 Å². The Hall–Kier alpha value is -2.15. The lowest BCUT2D eigenvalue weighted by Crippen LogP contribution is -2.33. The van der Waals surface area contributed by atoms with Crippen LogP contribution in [0.1, 0.15) is 12.5 Å². The van der Waals surface area contributed by atoms with Crippen molar-refractivity contribution in [1.29, 1.82) is 0 Å². The number of nitrogens with zero attached hydrogens (tertiary/aromatic N) is 2. The van der Waals surface area contributed by atoms with Crippen molar-refractivity contribution in [3.8, 4) is 0 Å². The van der Waals surface area contributed by atoms with Crippen molar-refractivity contribution >= 4 is 29.1 Å². The Morgan fingerprint density at radius 2 is 1.88 bits per heavy atom. The van der Waals surface area contributed by atoms with Gasteiger partial charge in [-0.25, -0.2) is 4.99 Å². The monoisotopic (exact) mass is 353 g/mol. The molecule has 3 nitrogen and oxygen atoms in total. The Kier molecular flexibility index (Phi) is 5.77. The van der Waals surface area contributed by atoms with Crippen LogP contribution in [0.4, 0.5) is 24.5 Å². The number of halogens is 3. The molecule has 7 heteroatoms. The summed E-state index contributed by atoms with van der Waals surface area (Å²) < 4.78 is 37.4. The number of hydrogen-bond acceptors (Lipinski definition) is 2. The third-order valence-corrected chi connectivity index (χ3v) is 4.07. The topological polar surface area (TPSA) is 41.6 Å². The fourth-order valence-electron chi connectivity index (χ4n) is 2.07. The number of hydrogen-bond donors (Lipinski definition) is 1. The van der Waals surface area contributed by atoms with Crippen molar-refractivity contribution in [2.45, 2.75) is 23.7 Å². The average molecular weight is 353 g/mol. The second kappa shape index (κ2) is 7.61. The molecular weight excluding hydrogens is 335 g/mol. The van der Waals surface area contributed by atoms with Crippen LogP contribution < -0.4 is 10.6 Å². The van der Waals surface area contributed by atoms with Crippen LogP contribution in [0.15, 0.2) is 58.4 Å². The molecule has 2 aromatic rings. The molecule has 0 aliphatic heterocycles. The van der Waals surface area contributed by atoms with E-state index in [1.807, 2.05) is 24.3 Å². The number of rotatable bonds is 4. The number of benzene rings is 2. The van der Waals surface area contributed by atoms with Gasteiger partial charge in [-0.15, -0.1) is 0 Å². The molecule has 0 radical (unpaired) electrons. The quantitative estimate of drug-likeness (QED) is 0.481. The summed E-state index contributed by atoms with van der Waals surface area (Å²) in [5.41, 5.74) is 4.08. The van der Waals surface area contributed by atoms with Gasteiger partial charge in [-0.05, 0) is 54.1 Å². The molecule has 0 heterocycles. The van der Waals surface area contributed by atoms with E-state index in [4.69, 9.17) is 5.73 Å². The maximum absolute atomic E-state index is 12.5. The van der Waals surface area contributed by atoms with Gasteiger partial charge in [0, 0.05) is 17.6 Å². The normalized spacial score (nSPS) is 12.3. The van der Waals surface area contributed by atoms with Crippen molar-refractivity contribution in [2.24, 2.45) is 10.7 Å². The van der Waals surface area contributed by atoms with Crippen LogP contribution in [0.25, 0.3) is 0 Å². The van der Waals surface area contributed by atoms with Crippen LogP contribution in [0.2, 0.25) is 0 Å². The standard InChI is InChI=1S/C17H18F3N3S/c1-3-12-6-4-8-14(10-12)23(2)16(21)22-13-7-5-9-15(11-13)24-17(18,19)20/h4-11H,3H2,1-2H3,(H2,21,22). The van der Waals surface area contributed by atoms with Gasteiger partial charge < -0.3 is 10.6 Å². The summed E-state index contributed by atoms with van der Waals surface area (Å²) in [6, 6.07) is 13.7. The number of thioether (sulfide) groups is 1. The molecular formula is C17H18F3N3S. The molecule has 0 saturated carbocycles. The lowest BCUT2D eigenvalue weighted by molar-refractivity contribution is -0.0328. The highest BCUT2D eigenvalue weighted by Crippen LogP contribution is 2.37. The van der Waals surface area contributed by atoms with Crippen LogP contribution >= 0.6 is 11.8 Å². The number of alkyl halides is 3. The summed E-state index contributed by atoms with van der Waals surface area (Å²) in [6.45, 7) is 2.06. The second-order valence-corrected chi connectivity index (χ2v) is 6.24. The molecule has 128 valence electrons. The fraction of sp³-hybridized carbons (Fsp3) is 0.235. The van der Waals surface area contributed by atoms with E-state index in [-0.39, 0.29) is 22.6 Å². The van der Waals surface area contributed by atoms with Gasteiger partial charge >= 0.3 is 5.51 Å². The largest absolute Gasteiger partial charge is 0.446 e. The van der Waals surface area contributed by atoms with Crippen LogP contribution in [0.5, 0.6) is 0 Å². The summed E-state index contributed by atoms with van der Waals surface area (Å²) in [4.78, 5) is 5.99. The second-order valence-electron chi connectivity index (χ2n) is 5.10. The highest BCUT2D eigenvalue weighted by molar-refractivity contribution is 8.00. The summed E-state index contributed by atoms with van der Waals surface area (Å²) in [5.74, 6) is 0.206. The fourth-order valence-corrected chi connectivity index (χ4v) is 2.67. The minimum absolute atomic E-state index is 0.0761.